The lowest BCUT2D eigenvalue weighted by atomic mass is 9.99. The van der Waals surface area contributed by atoms with Gasteiger partial charge in [0, 0.05) is 25.9 Å². The predicted molar refractivity (Wildman–Crippen MR) is 93.7 cm³/mol. The molecule has 1 amide bonds. The Kier molecular flexibility index (Phi) is 6.62. The Morgan fingerprint density at radius 3 is 2.92 bits per heavy atom. The van der Waals surface area contributed by atoms with Gasteiger partial charge in [0.05, 0.1) is 12.2 Å². The molecular formula is C17H26N2O4S. The number of hydrogen-bond acceptors (Lipinski definition) is 5. The second kappa shape index (κ2) is 8.48. The molecule has 7 heteroatoms. The van der Waals surface area contributed by atoms with Gasteiger partial charge in [0.15, 0.2) is 0 Å². The van der Waals surface area contributed by atoms with E-state index in [0.29, 0.717) is 38.4 Å². The fourth-order valence-electron chi connectivity index (χ4n) is 3.06. The lowest BCUT2D eigenvalue weighted by Crippen LogP contribution is -2.42. The highest BCUT2D eigenvalue weighted by atomic mass is 32.2. The zero-order chi connectivity index (χ0) is 17.6. The molecule has 1 fully saturated rings. The van der Waals surface area contributed by atoms with Crippen LogP contribution in [-0.2, 0) is 21.1 Å². The predicted octanol–water partition coefficient (Wildman–Crippen LogP) is 0.850. The second-order valence-corrected chi connectivity index (χ2v) is 8.59. The van der Waals surface area contributed by atoms with Crippen molar-refractivity contribution in [3.8, 4) is 5.75 Å². The van der Waals surface area contributed by atoms with Gasteiger partial charge in [-0.25, -0.2) is 8.42 Å². The summed E-state index contributed by atoms with van der Waals surface area (Å²) in [6.07, 6.45) is 3.26. The van der Waals surface area contributed by atoms with Crippen molar-refractivity contribution in [3.05, 3.63) is 29.8 Å². The molecule has 1 saturated heterocycles. The number of likely N-dealkylation sites (tertiary alicyclic amines) is 1. The molecule has 0 bridgehead atoms. The molecule has 1 aromatic carbocycles. The third kappa shape index (κ3) is 6.13. The Labute approximate surface area is 143 Å². The smallest absolute Gasteiger partial charge is 0.227 e. The van der Waals surface area contributed by atoms with Crippen LogP contribution in [0, 0.1) is 5.92 Å². The van der Waals surface area contributed by atoms with E-state index in [4.69, 9.17) is 10.5 Å². The lowest BCUT2D eigenvalue weighted by Gasteiger charge is -2.32. The van der Waals surface area contributed by atoms with Crippen molar-refractivity contribution in [1.29, 1.82) is 0 Å². The monoisotopic (exact) mass is 354 g/mol. The van der Waals surface area contributed by atoms with Gasteiger partial charge < -0.3 is 15.4 Å². The molecule has 134 valence electrons. The van der Waals surface area contributed by atoms with E-state index < -0.39 is 9.84 Å². The quantitative estimate of drug-likeness (QED) is 0.784. The molecule has 2 N–H and O–H groups in total. The molecule has 0 aliphatic carbocycles. The molecule has 6 nitrogen and oxygen atoms in total. The highest BCUT2D eigenvalue weighted by Gasteiger charge is 2.26. The number of carbonyl (C=O) groups is 1. The van der Waals surface area contributed by atoms with Crippen LogP contribution in [0.25, 0.3) is 0 Å². The second-order valence-electron chi connectivity index (χ2n) is 6.40. The Morgan fingerprint density at radius 2 is 2.21 bits per heavy atom. The largest absolute Gasteiger partial charge is 0.492 e. The molecule has 0 aromatic heterocycles. The number of ether oxygens (including phenoxy) is 1. The first-order chi connectivity index (χ1) is 11.4. The molecule has 1 heterocycles. The van der Waals surface area contributed by atoms with Crippen LogP contribution in [0.5, 0.6) is 5.75 Å². The molecule has 0 radical (unpaired) electrons. The minimum Gasteiger partial charge on any atom is -0.492 e. The first-order valence-electron chi connectivity index (χ1n) is 8.24. The van der Waals surface area contributed by atoms with Crippen LogP contribution in [0.3, 0.4) is 0 Å². The van der Waals surface area contributed by atoms with Gasteiger partial charge >= 0.3 is 0 Å². The zero-order valence-corrected chi connectivity index (χ0v) is 14.9. The van der Waals surface area contributed by atoms with E-state index in [1.54, 1.807) is 4.90 Å². The van der Waals surface area contributed by atoms with E-state index in [2.05, 4.69) is 0 Å². The molecule has 1 aliphatic heterocycles. The summed E-state index contributed by atoms with van der Waals surface area (Å²) in [5.41, 5.74) is 6.31. The Morgan fingerprint density at radius 1 is 1.42 bits per heavy atom. The highest BCUT2D eigenvalue weighted by molar-refractivity contribution is 7.90. The maximum atomic E-state index is 12.5. The number of rotatable bonds is 7. The summed E-state index contributed by atoms with van der Waals surface area (Å²) in [5, 5.41) is 0. The molecule has 2 rings (SSSR count). The minimum atomic E-state index is -3.01. The maximum absolute atomic E-state index is 12.5. The summed E-state index contributed by atoms with van der Waals surface area (Å²) in [6, 6.07) is 7.44. The van der Waals surface area contributed by atoms with Crippen molar-refractivity contribution in [1.82, 2.24) is 4.90 Å². The zero-order valence-electron chi connectivity index (χ0n) is 14.1. The van der Waals surface area contributed by atoms with Crippen LogP contribution < -0.4 is 10.5 Å². The van der Waals surface area contributed by atoms with Crippen molar-refractivity contribution < 1.29 is 17.9 Å². The van der Waals surface area contributed by atoms with Gasteiger partial charge in [0.1, 0.15) is 22.2 Å². The van der Waals surface area contributed by atoms with E-state index in [1.807, 2.05) is 24.3 Å². The van der Waals surface area contributed by atoms with Crippen LogP contribution in [0.2, 0.25) is 0 Å². The average molecular weight is 354 g/mol. The van der Waals surface area contributed by atoms with Gasteiger partial charge in [-0.2, -0.15) is 0 Å². The van der Waals surface area contributed by atoms with Crippen molar-refractivity contribution in [2.45, 2.75) is 19.3 Å². The number of piperidine rings is 1. The van der Waals surface area contributed by atoms with Crippen LogP contribution in [0.15, 0.2) is 24.3 Å². The van der Waals surface area contributed by atoms with Gasteiger partial charge in [0.25, 0.3) is 0 Å². The minimum absolute atomic E-state index is 0.0316. The first kappa shape index (κ1) is 18.7. The van der Waals surface area contributed by atoms with Crippen LogP contribution in [0.4, 0.5) is 0 Å². The van der Waals surface area contributed by atoms with Gasteiger partial charge in [-0.3, -0.25) is 4.79 Å². The summed E-state index contributed by atoms with van der Waals surface area (Å²) in [5.74, 6) is 0.930. The van der Waals surface area contributed by atoms with Gasteiger partial charge in [-0.15, -0.1) is 0 Å². The number of nitrogens with two attached hydrogens (primary N) is 1. The van der Waals surface area contributed by atoms with E-state index in [9.17, 15) is 13.2 Å². The molecular weight excluding hydrogens is 328 g/mol. The van der Waals surface area contributed by atoms with E-state index in [-0.39, 0.29) is 17.6 Å². The topological polar surface area (TPSA) is 89.7 Å². The Balaban J connectivity index is 1.94. The summed E-state index contributed by atoms with van der Waals surface area (Å²) < 4.78 is 28.4. The van der Waals surface area contributed by atoms with Crippen molar-refractivity contribution in [2.75, 3.05) is 38.2 Å². The number of benzene rings is 1. The van der Waals surface area contributed by atoms with E-state index in [1.165, 1.54) is 6.26 Å². The SMILES string of the molecule is CS(=O)(=O)C[C@H]1CCCN(C(=O)Cc2cccc(OCCN)c2)C1. The number of sulfone groups is 1. The van der Waals surface area contributed by atoms with Crippen LogP contribution >= 0.6 is 0 Å². The van der Waals surface area contributed by atoms with E-state index >= 15 is 0 Å². The van der Waals surface area contributed by atoms with Crippen LogP contribution in [0.1, 0.15) is 18.4 Å². The third-order valence-corrected chi connectivity index (χ3v) is 5.13. The van der Waals surface area contributed by atoms with Gasteiger partial charge in [-0.05, 0) is 36.5 Å². The summed E-state index contributed by atoms with van der Waals surface area (Å²) >= 11 is 0. The van der Waals surface area contributed by atoms with Gasteiger partial charge in [0.2, 0.25) is 5.91 Å². The average Bonchev–Trinajstić information content (AvgIpc) is 2.52. The lowest BCUT2D eigenvalue weighted by molar-refractivity contribution is -0.132. The van der Waals surface area contributed by atoms with Crippen molar-refractivity contribution in [2.24, 2.45) is 11.7 Å². The molecule has 1 atom stereocenters. The standard InChI is InChI=1S/C17H26N2O4S/c1-24(21,22)13-15-5-3-8-19(12-15)17(20)11-14-4-2-6-16(10-14)23-9-7-18/h2,4,6,10,15H,3,5,7-9,11-13,18H2,1H3/t15-/m0/s1. The number of nitrogens with zero attached hydrogens (tertiary/aromatic N) is 1. The molecule has 1 aromatic rings. The normalized spacial score (nSPS) is 18.4. The van der Waals surface area contributed by atoms with E-state index in [0.717, 1.165) is 18.4 Å². The Hall–Kier alpha value is -1.60. The number of carbonyl (C=O) groups excluding carboxylic acids is 1. The highest BCUT2D eigenvalue weighted by Crippen LogP contribution is 2.20. The number of amides is 1. The van der Waals surface area contributed by atoms with Crippen molar-refractivity contribution >= 4 is 15.7 Å². The Bertz CT molecular complexity index is 660. The fourth-order valence-corrected chi connectivity index (χ4v) is 4.19. The number of hydrogen-bond donors (Lipinski definition) is 1. The summed E-state index contributed by atoms with van der Waals surface area (Å²) in [7, 11) is -3.01. The molecule has 0 unspecified atom stereocenters. The molecule has 0 spiro atoms. The fraction of sp³-hybridized carbons (Fsp3) is 0.588. The first-order valence-corrected chi connectivity index (χ1v) is 10.3. The third-order valence-electron chi connectivity index (χ3n) is 4.05. The summed E-state index contributed by atoms with van der Waals surface area (Å²) in [6.45, 7) is 2.10. The molecule has 0 saturated carbocycles. The molecule has 24 heavy (non-hydrogen) atoms. The summed E-state index contributed by atoms with van der Waals surface area (Å²) in [4.78, 5) is 14.3. The van der Waals surface area contributed by atoms with Crippen molar-refractivity contribution in [3.63, 3.8) is 0 Å². The van der Waals surface area contributed by atoms with Gasteiger partial charge in [-0.1, -0.05) is 12.1 Å². The van der Waals surface area contributed by atoms with Crippen LogP contribution in [-0.4, -0.2) is 57.5 Å². The molecule has 1 aliphatic rings. The maximum Gasteiger partial charge on any atom is 0.227 e.